The number of rotatable bonds is 6. The van der Waals surface area contributed by atoms with Crippen molar-refractivity contribution in [3.8, 4) is 10.6 Å². The number of nitrogens with one attached hydrogen (secondary N) is 1. The Kier molecular flexibility index (Phi) is 4.83. The van der Waals surface area contributed by atoms with E-state index in [0.717, 1.165) is 17.1 Å². The van der Waals surface area contributed by atoms with Crippen LogP contribution in [0, 0.1) is 5.92 Å². The van der Waals surface area contributed by atoms with Crippen LogP contribution in [0.5, 0.6) is 0 Å². The maximum atomic E-state index is 12.2. The number of hydrogen-bond donors (Lipinski definition) is 1. The second-order valence-electron chi connectivity index (χ2n) is 5.44. The molecule has 0 aliphatic heterocycles. The fourth-order valence-corrected chi connectivity index (χ4v) is 3.08. The van der Waals surface area contributed by atoms with Gasteiger partial charge in [0.05, 0.1) is 6.20 Å². The zero-order valence-corrected chi connectivity index (χ0v) is 13.7. The molecule has 1 aromatic carbocycles. The van der Waals surface area contributed by atoms with Crippen molar-refractivity contribution in [2.24, 2.45) is 5.92 Å². The molecule has 3 rings (SSSR count). The molecule has 6 heteroatoms. The fourth-order valence-electron chi connectivity index (χ4n) is 2.24. The molecule has 2 aromatic heterocycles. The molecule has 1 amide bonds. The van der Waals surface area contributed by atoms with Crippen LogP contribution in [0.2, 0.25) is 0 Å². The van der Waals surface area contributed by atoms with Crippen molar-refractivity contribution < 1.29 is 4.79 Å². The van der Waals surface area contributed by atoms with Crippen LogP contribution in [0.1, 0.15) is 16.6 Å². The molecular formula is C17H18N4OS. The highest BCUT2D eigenvalue weighted by Crippen LogP contribution is 2.24. The summed E-state index contributed by atoms with van der Waals surface area (Å²) >= 11 is 1.41. The molecule has 0 spiro atoms. The van der Waals surface area contributed by atoms with Crippen LogP contribution in [-0.2, 0) is 6.54 Å². The molecule has 118 valence electrons. The summed E-state index contributed by atoms with van der Waals surface area (Å²) in [6.07, 6.45) is 5.32. The third kappa shape index (κ3) is 4.04. The molecule has 23 heavy (non-hydrogen) atoms. The molecule has 0 bridgehead atoms. The number of aromatic nitrogens is 3. The van der Waals surface area contributed by atoms with Gasteiger partial charge >= 0.3 is 0 Å². The molecule has 0 radical (unpaired) electrons. The lowest BCUT2D eigenvalue weighted by atomic mass is 10.2. The van der Waals surface area contributed by atoms with Crippen LogP contribution in [0.4, 0.5) is 0 Å². The van der Waals surface area contributed by atoms with E-state index in [4.69, 9.17) is 0 Å². The Morgan fingerprint density at radius 1 is 1.30 bits per heavy atom. The number of thiazole rings is 1. The van der Waals surface area contributed by atoms with Gasteiger partial charge in [-0.05, 0) is 12.0 Å². The highest BCUT2D eigenvalue weighted by Gasteiger charge is 2.13. The molecule has 0 aliphatic carbocycles. The van der Waals surface area contributed by atoms with Gasteiger partial charge < -0.3 is 5.32 Å². The molecular weight excluding hydrogens is 308 g/mol. The van der Waals surface area contributed by atoms with Crippen molar-refractivity contribution >= 4 is 17.2 Å². The van der Waals surface area contributed by atoms with Gasteiger partial charge in [-0.2, -0.15) is 5.10 Å². The molecule has 2 heterocycles. The van der Waals surface area contributed by atoms with Gasteiger partial charge in [0.25, 0.3) is 5.91 Å². The lowest BCUT2D eigenvalue weighted by molar-refractivity contribution is 0.0950. The Morgan fingerprint density at radius 3 is 2.87 bits per heavy atom. The fraction of sp³-hybridized carbons (Fsp3) is 0.235. The molecule has 1 unspecified atom stereocenters. The quantitative estimate of drug-likeness (QED) is 0.757. The van der Waals surface area contributed by atoms with Crippen molar-refractivity contribution in [3.63, 3.8) is 0 Å². The average molecular weight is 326 g/mol. The highest BCUT2D eigenvalue weighted by atomic mass is 32.1. The number of nitrogens with zero attached hydrogens (tertiary/aromatic N) is 3. The second-order valence-corrected chi connectivity index (χ2v) is 6.47. The van der Waals surface area contributed by atoms with Crippen molar-refractivity contribution in [1.29, 1.82) is 0 Å². The van der Waals surface area contributed by atoms with Crippen molar-refractivity contribution in [1.82, 2.24) is 20.1 Å². The second kappa shape index (κ2) is 7.19. The van der Waals surface area contributed by atoms with Gasteiger partial charge in [0.1, 0.15) is 9.88 Å². The molecule has 3 aromatic rings. The third-order valence-corrected chi connectivity index (χ3v) is 4.46. The zero-order chi connectivity index (χ0) is 16.1. The predicted octanol–water partition coefficient (Wildman–Crippen LogP) is 3.07. The first kappa shape index (κ1) is 15.4. The van der Waals surface area contributed by atoms with Crippen LogP contribution in [-0.4, -0.2) is 27.2 Å². The molecule has 1 atom stereocenters. The van der Waals surface area contributed by atoms with Gasteiger partial charge in [0.2, 0.25) is 0 Å². The van der Waals surface area contributed by atoms with Crippen LogP contribution in [0.25, 0.3) is 10.6 Å². The molecule has 5 nitrogen and oxygen atoms in total. The molecule has 0 aliphatic rings. The SMILES string of the molecule is CC(CNC(=O)c1cnc(-c2ccccc2)s1)Cn1cccn1. The van der Waals surface area contributed by atoms with E-state index >= 15 is 0 Å². The number of carbonyl (C=O) groups excluding carboxylic acids is 1. The molecule has 0 saturated carbocycles. The number of hydrogen-bond acceptors (Lipinski definition) is 4. The summed E-state index contributed by atoms with van der Waals surface area (Å²) in [5.74, 6) is 0.234. The van der Waals surface area contributed by atoms with E-state index in [1.165, 1.54) is 11.3 Å². The number of amides is 1. The largest absolute Gasteiger partial charge is 0.351 e. The van der Waals surface area contributed by atoms with Crippen molar-refractivity contribution in [3.05, 3.63) is 59.9 Å². The molecule has 0 saturated heterocycles. The van der Waals surface area contributed by atoms with Gasteiger partial charge in [-0.3, -0.25) is 9.48 Å². The molecule has 1 N–H and O–H groups in total. The van der Waals surface area contributed by atoms with E-state index in [-0.39, 0.29) is 5.91 Å². The number of benzene rings is 1. The van der Waals surface area contributed by atoms with Gasteiger partial charge in [0.15, 0.2) is 0 Å². The Morgan fingerprint density at radius 2 is 2.13 bits per heavy atom. The maximum absolute atomic E-state index is 12.2. The summed E-state index contributed by atoms with van der Waals surface area (Å²) in [4.78, 5) is 17.2. The van der Waals surface area contributed by atoms with Crippen LogP contribution >= 0.6 is 11.3 Å². The van der Waals surface area contributed by atoms with E-state index in [0.29, 0.717) is 17.3 Å². The minimum atomic E-state index is -0.0722. The minimum Gasteiger partial charge on any atom is -0.351 e. The van der Waals surface area contributed by atoms with Crippen molar-refractivity contribution in [2.45, 2.75) is 13.5 Å². The summed E-state index contributed by atoms with van der Waals surface area (Å²) in [5, 5.41) is 8.00. The smallest absolute Gasteiger partial charge is 0.263 e. The average Bonchev–Trinajstić information content (AvgIpc) is 3.25. The first-order valence-electron chi connectivity index (χ1n) is 7.49. The minimum absolute atomic E-state index is 0.0722. The van der Waals surface area contributed by atoms with E-state index in [2.05, 4.69) is 22.3 Å². The Bertz CT molecular complexity index is 752. The van der Waals surface area contributed by atoms with Gasteiger partial charge in [-0.1, -0.05) is 37.3 Å². The summed E-state index contributed by atoms with van der Waals surface area (Å²) in [7, 11) is 0. The topological polar surface area (TPSA) is 59.8 Å². The van der Waals surface area contributed by atoms with E-state index in [1.807, 2.05) is 47.3 Å². The van der Waals surface area contributed by atoms with Gasteiger partial charge in [-0.25, -0.2) is 4.98 Å². The van der Waals surface area contributed by atoms with E-state index in [1.54, 1.807) is 12.4 Å². The summed E-state index contributed by atoms with van der Waals surface area (Å²) < 4.78 is 1.87. The van der Waals surface area contributed by atoms with Crippen LogP contribution < -0.4 is 5.32 Å². The van der Waals surface area contributed by atoms with E-state index < -0.39 is 0 Å². The lowest BCUT2D eigenvalue weighted by Crippen LogP contribution is -2.29. The Balaban J connectivity index is 1.55. The third-order valence-electron chi connectivity index (χ3n) is 3.42. The van der Waals surface area contributed by atoms with E-state index in [9.17, 15) is 4.79 Å². The first-order chi connectivity index (χ1) is 11.2. The van der Waals surface area contributed by atoms with Crippen molar-refractivity contribution in [2.75, 3.05) is 6.54 Å². The Labute approximate surface area is 139 Å². The zero-order valence-electron chi connectivity index (χ0n) is 12.8. The summed E-state index contributed by atoms with van der Waals surface area (Å²) in [5.41, 5.74) is 1.03. The predicted molar refractivity (Wildman–Crippen MR) is 91.3 cm³/mol. The van der Waals surface area contributed by atoms with Crippen LogP contribution in [0.3, 0.4) is 0 Å². The normalized spacial score (nSPS) is 12.0. The monoisotopic (exact) mass is 326 g/mol. The Hall–Kier alpha value is -2.47. The first-order valence-corrected chi connectivity index (χ1v) is 8.31. The standard InChI is InChI=1S/C17H18N4OS/c1-13(12-21-9-5-8-20-21)10-18-16(22)15-11-19-17(23-15)14-6-3-2-4-7-14/h2-9,11,13H,10,12H2,1H3,(H,18,22). The van der Waals surface area contributed by atoms with Crippen LogP contribution in [0.15, 0.2) is 55.0 Å². The maximum Gasteiger partial charge on any atom is 0.263 e. The summed E-state index contributed by atoms with van der Waals surface area (Å²) in [6.45, 7) is 3.48. The summed E-state index contributed by atoms with van der Waals surface area (Å²) in [6, 6.07) is 11.8. The molecule has 0 fully saturated rings. The lowest BCUT2D eigenvalue weighted by Gasteiger charge is -2.12. The highest BCUT2D eigenvalue weighted by molar-refractivity contribution is 7.16. The van der Waals surface area contributed by atoms with Gasteiger partial charge in [0, 0.05) is 31.0 Å². The van der Waals surface area contributed by atoms with Gasteiger partial charge in [-0.15, -0.1) is 11.3 Å². The number of carbonyl (C=O) groups is 1.